The molecule has 0 spiro atoms. The van der Waals surface area contributed by atoms with Crippen molar-refractivity contribution in [2.75, 3.05) is 0 Å². The molecule has 16 heavy (non-hydrogen) atoms. The van der Waals surface area contributed by atoms with Crippen molar-refractivity contribution in [2.45, 2.75) is 0 Å². The van der Waals surface area contributed by atoms with E-state index in [1.807, 2.05) is 0 Å². The second kappa shape index (κ2) is 3.92. The Bertz CT molecular complexity index is 490. The van der Waals surface area contributed by atoms with Crippen LogP contribution in [-0.4, -0.2) is 4.98 Å². The van der Waals surface area contributed by atoms with Crippen molar-refractivity contribution in [3.63, 3.8) is 0 Å². The maximum atomic E-state index is 13.3. The van der Waals surface area contributed by atoms with Gasteiger partial charge < -0.3 is 0 Å². The molecule has 1 aromatic heterocycles. The summed E-state index contributed by atoms with van der Waals surface area (Å²) in [6.07, 6.45) is 0.984. The van der Waals surface area contributed by atoms with Gasteiger partial charge in [0.2, 0.25) is 5.95 Å². The van der Waals surface area contributed by atoms with Gasteiger partial charge >= 0.3 is 0 Å². The van der Waals surface area contributed by atoms with E-state index in [1.165, 1.54) is 6.07 Å². The average molecular weight is 227 g/mol. The second-order valence-electron chi connectivity index (χ2n) is 3.06. The highest BCUT2D eigenvalue weighted by molar-refractivity contribution is 5.64. The first kappa shape index (κ1) is 10.6. The normalized spacial score (nSPS) is 10.5. The highest BCUT2D eigenvalue weighted by Gasteiger charge is 2.16. The third-order valence-electron chi connectivity index (χ3n) is 2.09. The van der Waals surface area contributed by atoms with Crippen LogP contribution in [0.15, 0.2) is 30.5 Å². The molecule has 0 bridgehead atoms. The molecule has 1 aromatic carbocycles. The zero-order valence-corrected chi connectivity index (χ0v) is 7.85. The Morgan fingerprint density at radius 2 is 1.50 bits per heavy atom. The Labute approximate surface area is 88.4 Å². The maximum Gasteiger partial charge on any atom is 0.249 e. The number of hydrogen-bond donors (Lipinski definition) is 0. The lowest BCUT2D eigenvalue weighted by atomic mass is 10.1. The summed E-state index contributed by atoms with van der Waals surface area (Å²) in [4.78, 5) is 3.06. The van der Waals surface area contributed by atoms with E-state index in [2.05, 4.69) is 4.98 Å². The van der Waals surface area contributed by atoms with Crippen LogP contribution in [0.5, 0.6) is 0 Å². The predicted octanol–water partition coefficient (Wildman–Crippen LogP) is 3.31. The molecular weight excluding hydrogens is 222 g/mol. The highest BCUT2D eigenvalue weighted by atomic mass is 19.2. The molecule has 1 heterocycles. The van der Waals surface area contributed by atoms with Gasteiger partial charge in [-0.15, -0.1) is 0 Å². The Morgan fingerprint density at radius 1 is 0.812 bits per heavy atom. The number of nitrogens with zero attached hydrogens (tertiary/aromatic N) is 1. The van der Waals surface area contributed by atoms with Crippen molar-refractivity contribution in [1.82, 2.24) is 4.98 Å². The number of hydrogen-bond acceptors (Lipinski definition) is 1. The van der Waals surface area contributed by atoms with E-state index in [9.17, 15) is 17.6 Å². The lowest BCUT2D eigenvalue weighted by molar-refractivity contribution is 0.479. The number of aromatic nitrogens is 1. The first-order valence-corrected chi connectivity index (χ1v) is 4.35. The van der Waals surface area contributed by atoms with Gasteiger partial charge in [0.1, 0.15) is 0 Å². The molecule has 0 unspecified atom stereocenters. The number of benzene rings is 1. The van der Waals surface area contributed by atoms with Gasteiger partial charge in [-0.25, -0.2) is 18.2 Å². The van der Waals surface area contributed by atoms with Crippen LogP contribution >= 0.6 is 0 Å². The number of rotatable bonds is 1. The van der Waals surface area contributed by atoms with E-state index in [1.54, 1.807) is 0 Å². The zero-order valence-electron chi connectivity index (χ0n) is 7.85. The fraction of sp³-hybridized carbons (Fsp3) is 0. The molecule has 0 N–H and O–H groups in total. The van der Waals surface area contributed by atoms with Gasteiger partial charge in [0.25, 0.3) is 0 Å². The van der Waals surface area contributed by atoms with E-state index in [0.29, 0.717) is 0 Å². The molecule has 0 aliphatic rings. The molecule has 2 aromatic rings. The SMILES string of the molecule is Fc1cccc(-c2ccnc(F)c2F)c1F. The molecule has 0 amide bonds. The van der Waals surface area contributed by atoms with Crippen molar-refractivity contribution in [3.05, 3.63) is 53.9 Å². The van der Waals surface area contributed by atoms with Gasteiger partial charge in [-0.3, -0.25) is 0 Å². The smallest absolute Gasteiger partial charge is 0.226 e. The highest BCUT2D eigenvalue weighted by Crippen LogP contribution is 2.27. The number of halogens is 4. The van der Waals surface area contributed by atoms with Crippen LogP contribution in [0.2, 0.25) is 0 Å². The van der Waals surface area contributed by atoms with Gasteiger partial charge in [-0.1, -0.05) is 12.1 Å². The average Bonchev–Trinajstić information content (AvgIpc) is 2.27. The molecule has 2 rings (SSSR count). The second-order valence-corrected chi connectivity index (χ2v) is 3.06. The van der Waals surface area contributed by atoms with E-state index >= 15 is 0 Å². The molecule has 0 saturated carbocycles. The van der Waals surface area contributed by atoms with Crippen molar-refractivity contribution in [1.29, 1.82) is 0 Å². The van der Waals surface area contributed by atoms with Gasteiger partial charge in [0.15, 0.2) is 17.5 Å². The first-order chi connectivity index (χ1) is 7.61. The standard InChI is InChI=1S/C11H5F4N/c12-8-3-1-2-6(9(8)13)7-4-5-16-11(15)10(7)14/h1-5H. The molecule has 0 saturated heterocycles. The first-order valence-electron chi connectivity index (χ1n) is 4.35. The molecule has 0 radical (unpaired) electrons. The lowest BCUT2D eigenvalue weighted by Crippen LogP contribution is -1.96. The molecule has 0 aliphatic heterocycles. The Morgan fingerprint density at radius 3 is 2.25 bits per heavy atom. The molecule has 0 atom stereocenters. The third kappa shape index (κ3) is 1.64. The minimum atomic E-state index is -1.35. The summed E-state index contributed by atoms with van der Waals surface area (Å²) in [5, 5.41) is 0. The van der Waals surface area contributed by atoms with Gasteiger partial charge in [0, 0.05) is 17.3 Å². The quantitative estimate of drug-likeness (QED) is 0.538. The van der Waals surface area contributed by atoms with Gasteiger partial charge in [0.05, 0.1) is 0 Å². The summed E-state index contributed by atoms with van der Waals surface area (Å²) < 4.78 is 52.3. The summed E-state index contributed by atoms with van der Waals surface area (Å²) in [5.41, 5.74) is -0.691. The molecule has 0 fully saturated rings. The summed E-state index contributed by atoms with van der Waals surface area (Å²) >= 11 is 0. The topological polar surface area (TPSA) is 12.9 Å². The van der Waals surface area contributed by atoms with E-state index in [4.69, 9.17) is 0 Å². The van der Waals surface area contributed by atoms with Crippen molar-refractivity contribution in [3.8, 4) is 11.1 Å². The van der Waals surface area contributed by atoms with E-state index < -0.39 is 23.4 Å². The maximum absolute atomic E-state index is 13.3. The molecular formula is C11H5F4N. The van der Waals surface area contributed by atoms with Crippen molar-refractivity contribution >= 4 is 0 Å². The number of pyridine rings is 1. The van der Waals surface area contributed by atoms with Crippen LogP contribution in [0.4, 0.5) is 17.6 Å². The Kier molecular flexibility index (Phi) is 2.60. The van der Waals surface area contributed by atoms with Crippen molar-refractivity contribution < 1.29 is 17.6 Å². The van der Waals surface area contributed by atoms with Gasteiger partial charge in [-0.05, 0) is 12.1 Å². The molecule has 5 heteroatoms. The molecule has 0 aliphatic carbocycles. The van der Waals surface area contributed by atoms with E-state index in [-0.39, 0.29) is 11.1 Å². The fourth-order valence-electron chi connectivity index (χ4n) is 1.34. The summed E-state index contributed by atoms with van der Waals surface area (Å²) in [7, 11) is 0. The predicted molar refractivity (Wildman–Crippen MR) is 49.5 cm³/mol. The zero-order chi connectivity index (χ0) is 11.7. The lowest BCUT2D eigenvalue weighted by Gasteiger charge is -2.05. The van der Waals surface area contributed by atoms with Crippen LogP contribution < -0.4 is 0 Å². The van der Waals surface area contributed by atoms with Crippen LogP contribution in [-0.2, 0) is 0 Å². The summed E-state index contributed by atoms with van der Waals surface area (Å²) in [6.45, 7) is 0. The fourth-order valence-corrected chi connectivity index (χ4v) is 1.34. The summed E-state index contributed by atoms with van der Waals surface area (Å²) in [5.74, 6) is -4.98. The largest absolute Gasteiger partial charge is 0.249 e. The van der Waals surface area contributed by atoms with Crippen LogP contribution in [0, 0.1) is 23.4 Å². The monoisotopic (exact) mass is 227 g/mol. The van der Waals surface area contributed by atoms with Gasteiger partial charge in [-0.2, -0.15) is 4.39 Å². The van der Waals surface area contributed by atoms with Crippen LogP contribution in [0.3, 0.4) is 0 Å². The van der Waals surface area contributed by atoms with E-state index in [0.717, 1.165) is 24.4 Å². The minimum absolute atomic E-state index is 0.334. The molecule has 82 valence electrons. The Balaban J connectivity index is 2.68. The minimum Gasteiger partial charge on any atom is -0.226 e. The molecule has 1 nitrogen and oxygen atoms in total. The Hall–Kier alpha value is -1.91. The van der Waals surface area contributed by atoms with Crippen LogP contribution in [0.1, 0.15) is 0 Å². The summed E-state index contributed by atoms with van der Waals surface area (Å²) in [6, 6.07) is 4.35. The van der Waals surface area contributed by atoms with Crippen LogP contribution in [0.25, 0.3) is 11.1 Å². The third-order valence-corrected chi connectivity index (χ3v) is 2.09. The van der Waals surface area contributed by atoms with Crippen molar-refractivity contribution in [2.24, 2.45) is 0 Å².